The van der Waals surface area contributed by atoms with Gasteiger partial charge in [0, 0.05) is 15.4 Å². The number of aryl methyl sites for hydroxylation is 1. The van der Waals surface area contributed by atoms with Gasteiger partial charge in [0.05, 0.1) is 0 Å². The summed E-state index contributed by atoms with van der Waals surface area (Å²) in [5.74, 6) is 0.983. The smallest absolute Gasteiger partial charge is 0.126 e. The van der Waals surface area contributed by atoms with Crippen molar-refractivity contribution in [1.29, 1.82) is 0 Å². The van der Waals surface area contributed by atoms with Crippen LogP contribution in [0, 0.1) is 6.92 Å². The predicted molar refractivity (Wildman–Crippen MR) is 80.2 cm³/mol. The van der Waals surface area contributed by atoms with E-state index in [1.165, 1.54) is 11.1 Å². The van der Waals surface area contributed by atoms with E-state index in [1.807, 2.05) is 0 Å². The number of hydrogen-bond donors (Lipinski definition) is 0. The fourth-order valence-corrected chi connectivity index (χ4v) is 3.32. The second-order valence-corrected chi connectivity index (χ2v) is 6.02. The summed E-state index contributed by atoms with van der Waals surface area (Å²) in [6, 6.07) is 6.26. The molecule has 4 heteroatoms. The van der Waals surface area contributed by atoms with Gasteiger partial charge in [-0.25, -0.2) is 0 Å². The van der Waals surface area contributed by atoms with Crippen molar-refractivity contribution in [3.63, 3.8) is 0 Å². The number of halogens is 2. The lowest BCUT2D eigenvalue weighted by Gasteiger charge is -2.13. The molecule has 0 unspecified atom stereocenters. The van der Waals surface area contributed by atoms with Crippen LogP contribution in [-0.4, -0.2) is 0 Å². The van der Waals surface area contributed by atoms with Crippen LogP contribution in [-0.2, 0) is 11.9 Å². The minimum Gasteiger partial charge on any atom is -0.488 e. The zero-order valence-corrected chi connectivity index (χ0v) is 13.4. The van der Waals surface area contributed by atoms with E-state index in [0.29, 0.717) is 6.61 Å². The molecule has 0 radical (unpaired) electrons. The topological polar surface area (TPSA) is 9.23 Å². The zero-order valence-electron chi connectivity index (χ0n) is 9.37. The normalized spacial score (nSPS) is 10.5. The molecule has 0 atom stereocenters. The molecule has 2 aromatic rings. The van der Waals surface area contributed by atoms with E-state index >= 15 is 0 Å². The highest BCUT2D eigenvalue weighted by molar-refractivity contribution is 9.10. The largest absolute Gasteiger partial charge is 0.488 e. The molecule has 0 fully saturated rings. The number of hydrogen-bond acceptors (Lipinski definition) is 2. The van der Waals surface area contributed by atoms with Crippen LogP contribution in [0.15, 0.2) is 33.4 Å². The van der Waals surface area contributed by atoms with Gasteiger partial charge in [-0.1, -0.05) is 31.9 Å². The monoisotopic (exact) mass is 374 g/mol. The molecule has 1 heterocycles. The van der Waals surface area contributed by atoms with E-state index in [2.05, 4.69) is 67.7 Å². The van der Waals surface area contributed by atoms with E-state index in [9.17, 15) is 0 Å². The van der Waals surface area contributed by atoms with Crippen molar-refractivity contribution >= 4 is 43.2 Å². The number of thiophene rings is 1. The van der Waals surface area contributed by atoms with E-state index in [0.717, 1.165) is 21.1 Å². The number of alkyl halides is 1. The molecule has 90 valence electrons. The Bertz CT molecular complexity index is 494. The Morgan fingerprint density at radius 1 is 1.35 bits per heavy atom. The van der Waals surface area contributed by atoms with Gasteiger partial charge in [-0.2, -0.15) is 11.3 Å². The third-order valence-electron chi connectivity index (χ3n) is 2.42. The zero-order chi connectivity index (χ0) is 12.3. The van der Waals surface area contributed by atoms with Crippen LogP contribution in [0.5, 0.6) is 5.75 Å². The van der Waals surface area contributed by atoms with Crippen molar-refractivity contribution in [2.45, 2.75) is 18.9 Å². The molecular weight excluding hydrogens is 364 g/mol. The summed E-state index contributed by atoms with van der Waals surface area (Å²) in [5, 5.41) is 4.98. The molecule has 1 aromatic heterocycles. The molecule has 0 spiro atoms. The summed E-state index contributed by atoms with van der Waals surface area (Å²) in [5.41, 5.74) is 3.55. The summed E-state index contributed by atoms with van der Waals surface area (Å²) < 4.78 is 7.00. The van der Waals surface area contributed by atoms with Gasteiger partial charge >= 0.3 is 0 Å². The van der Waals surface area contributed by atoms with E-state index in [-0.39, 0.29) is 0 Å². The van der Waals surface area contributed by atoms with Crippen molar-refractivity contribution in [3.8, 4) is 5.75 Å². The molecule has 0 saturated carbocycles. The van der Waals surface area contributed by atoms with E-state index in [4.69, 9.17) is 4.74 Å². The highest BCUT2D eigenvalue weighted by atomic mass is 79.9. The lowest BCUT2D eigenvalue weighted by atomic mass is 10.1. The van der Waals surface area contributed by atoms with Crippen molar-refractivity contribution in [3.05, 3.63) is 50.1 Å². The standard InChI is InChI=1S/C13H12Br2OS/c1-9-4-12(15)5-11(6-14)13(9)16-7-10-2-3-17-8-10/h2-5,8H,6-7H2,1H3. The third-order valence-corrected chi connectivity index (χ3v) is 4.22. The quantitative estimate of drug-likeness (QED) is 0.659. The molecule has 1 nitrogen and oxygen atoms in total. The molecule has 0 amide bonds. The van der Waals surface area contributed by atoms with Crippen LogP contribution in [0.2, 0.25) is 0 Å². The predicted octanol–water partition coefficient (Wildman–Crippen LogP) is 5.29. The number of benzene rings is 1. The van der Waals surface area contributed by atoms with Crippen LogP contribution in [0.25, 0.3) is 0 Å². The van der Waals surface area contributed by atoms with Gasteiger partial charge in [0.25, 0.3) is 0 Å². The lowest BCUT2D eigenvalue weighted by molar-refractivity contribution is 0.302. The molecule has 0 aliphatic heterocycles. The summed E-state index contributed by atoms with van der Waals surface area (Å²) in [6.45, 7) is 2.70. The summed E-state index contributed by atoms with van der Waals surface area (Å²) >= 11 is 8.69. The average molecular weight is 376 g/mol. The van der Waals surface area contributed by atoms with Gasteiger partial charge in [-0.05, 0) is 47.0 Å². The summed E-state index contributed by atoms with van der Waals surface area (Å²) in [6.07, 6.45) is 0. The van der Waals surface area contributed by atoms with Crippen LogP contribution in [0.4, 0.5) is 0 Å². The Morgan fingerprint density at radius 3 is 2.82 bits per heavy atom. The van der Waals surface area contributed by atoms with Gasteiger partial charge in [-0.3, -0.25) is 0 Å². The number of ether oxygens (including phenoxy) is 1. The van der Waals surface area contributed by atoms with Crippen molar-refractivity contribution < 1.29 is 4.74 Å². The minimum atomic E-state index is 0.631. The Labute approximate surface area is 122 Å². The van der Waals surface area contributed by atoms with Gasteiger partial charge in [0.15, 0.2) is 0 Å². The van der Waals surface area contributed by atoms with Crippen molar-refractivity contribution in [2.24, 2.45) is 0 Å². The highest BCUT2D eigenvalue weighted by Crippen LogP contribution is 2.30. The van der Waals surface area contributed by atoms with Crippen LogP contribution >= 0.6 is 43.2 Å². The van der Waals surface area contributed by atoms with E-state index < -0.39 is 0 Å². The molecule has 17 heavy (non-hydrogen) atoms. The SMILES string of the molecule is Cc1cc(Br)cc(CBr)c1OCc1ccsc1. The first-order chi connectivity index (χ1) is 8.20. The summed E-state index contributed by atoms with van der Waals surface area (Å²) in [4.78, 5) is 0. The van der Waals surface area contributed by atoms with Crippen LogP contribution in [0.1, 0.15) is 16.7 Å². The Hall–Kier alpha value is -0.320. The second-order valence-electron chi connectivity index (χ2n) is 3.76. The molecule has 0 aliphatic carbocycles. The first-order valence-electron chi connectivity index (χ1n) is 5.19. The maximum Gasteiger partial charge on any atom is 0.126 e. The molecule has 1 aromatic carbocycles. The first-order valence-corrected chi connectivity index (χ1v) is 8.05. The minimum absolute atomic E-state index is 0.631. The molecule has 0 aliphatic rings. The Balaban J connectivity index is 2.19. The second kappa shape index (κ2) is 6.03. The fourth-order valence-electron chi connectivity index (χ4n) is 1.64. The first kappa shape index (κ1) is 13.1. The van der Waals surface area contributed by atoms with Gasteiger partial charge in [0.1, 0.15) is 12.4 Å². The van der Waals surface area contributed by atoms with Crippen molar-refractivity contribution in [2.75, 3.05) is 0 Å². The maximum atomic E-state index is 5.91. The van der Waals surface area contributed by atoms with Gasteiger partial charge in [0.2, 0.25) is 0 Å². The number of rotatable bonds is 4. The fraction of sp³-hybridized carbons (Fsp3) is 0.231. The molecular formula is C13H12Br2OS. The maximum absolute atomic E-state index is 5.91. The van der Waals surface area contributed by atoms with Crippen molar-refractivity contribution in [1.82, 2.24) is 0 Å². The highest BCUT2D eigenvalue weighted by Gasteiger charge is 2.08. The van der Waals surface area contributed by atoms with Gasteiger partial charge in [-0.15, -0.1) is 0 Å². The third kappa shape index (κ3) is 3.33. The van der Waals surface area contributed by atoms with Gasteiger partial charge < -0.3 is 4.74 Å². The molecule has 0 N–H and O–H groups in total. The Kier molecular flexibility index (Phi) is 4.65. The molecule has 0 saturated heterocycles. The average Bonchev–Trinajstić information content (AvgIpc) is 2.79. The molecule has 2 rings (SSSR count). The Morgan fingerprint density at radius 2 is 2.18 bits per heavy atom. The van der Waals surface area contributed by atoms with Crippen LogP contribution in [0.3, 0.4) is 0 Å². The summed E-state index contributed by atoms with van der Waals surface area (Å²) in [7, 11) is 0. The molecule has 0 bridgehead atoms. The lowest BCUT2D eigenvalue weighted by Crippen LogP contribution is -1.99. The van der Waals surface area contributed by atoms with Crippen LogP contribution < -0.4 is 4.74 Å². The van der Waals surface area contributed by atoms with E-state index in [1.54, 1.807) is 11.3 Å².